The highest BCUT2D eigenvalue weighted by Gasteiger charge is 2.09. The number of aromatic nitrogens is 2. The van der Waals surface area contributed by atoms with E-state index in [1.807, 2.05) is 43.0 Å². The molecule has 0 aliphatic heterocycles. The molecule has 0 aliphatic rings. The van der Waals surface area contributed by atoms with Crippen LogP contribution in [0.15, 0.2) is 24.3 Å². The van der Waals surface area contributed by atoms with Gasteiger partial charge in [0.1, 0.15) is 5.82 Å². The van der Waals surface area contributed by atoms with Crippen molar-refractivity contribution < 1.29 is 4.79 Å². The number of thioether (sulfide) groups is 1. The first kappa shape index (κ1) is 14.9. The smallest absolute Gasteiger partial charge is 0.232 e. The number of hydrogen-bond acceptors (Lipinski definition) is 3. The van der Waals surface area contributed by atoms with E-state index in [-0.39, 0.29) is 5.91 Å². The third-order valence-corrected chi connectivity index (χ3v) is 4.21. The highest BCUT2D eigenvalue weighted by molar-refractivity contribution is 7.99. The molecule has 1 aromatic carbocycles. The molecule has 108 valence electrons. The Balaban J connectivity index is 1.77. The minimum absolute atomic E-state index is 0.226. The largest absolute Gasteiger partial charge is 0.343 e. The lowest BCUT2D eigenvalue weighted by atomic mass is 10.3. The first-order valence-corrected chi connectivity index (χ1v) is 8.19. The number of carbonyl (C=O) groups is 1. The predicted octanol–water partition coefficient (Wildman–Crippen LogP) is 2.71. The van der Waals surface area contributed by atoms with Gasteiger partial charge in [-0.15, -0.1) is 0 Å². The molecule has 0 saturated carbocycles. The SMILES string of the molecule is CCN(CC)C(=O)CSCCc1nc2ccccc2[nH]1. The molecule has 0 aliphatic carbocycles. The van der Waals surface area contributed by atoms with Crippen LogP contribution in [0.4, 0.5) is 0 Å². The van der Waals surface area contributed by atoms with Crippen molar-refractivity contribution in [3.8, 4) is 0 Å². The van der Waals surface area contributed by atoms with Crippen molar-refractivity contribution in [2.45, 2.75) is 20.3 Å². The number of nitrogens with zero attached hydrogens (tertiary/aromatic N) is 2. The van der Waals surface area contributed by atoms with Crippen molar-refractivity contribution in [1.29, 1.82) is 0 Å². The number of aromatic amines is 1. The van der Waals surface area contributed by atoms with Crippen molar-refractivity contribution in [2.24, 2.45) is 0 Å². The normalized spacial score (nSPS) is 10.9. The van der Waals surface area contributed by atoms with Crippen LogP contribution in [0.1, 0.15) is 19.7 Å². The molecule has 4 nitrogen and oxygen atoms in total. The molecule has 0 fully saturated rings. The first-order chi connectivity index (χ1) is 9.74. The molecule has 2 aromatic rings. The third-order valence-electron chi connectivity index (χ3n) is 3.26. The van der Waals surface area contributed by atoms with Gasteiger partial charge in [-0.2, -0.15) is 11.8 Å². The number of para-hydroxylation sites is 2. The summed E-state index contributed by atoms with van der Waals surface area (Å²) >= 11 is 1.67. The van der Waals surface area contributed by atoms with Crippen LogP contribution in [0.3, 0.4) is 0 Å². The lowest BCUT2D eigenvalue weighted by Gasteiger charge is -2.17. The Morgan fingerprint density at radius 1 is 1.30 bits per heavy atom. The fraction of sp³-hybridized carbons (Fsp3) is 0.467. The third kappa shape index (κ3) is 3.76. The van der Waals surface area contributed by atoms with E-state index >= 15 is 0 Å². The monoisotopic (exact) mass is 291 g/mol. The Bertz CT molecular complexity index is 530. The number of carbonyl (C=O) groups excluding carboxylic acids is 1. The molecule has 1 N–H and O–H groups in total. The number of fused-ring (bicyclic) bond motifs is 1. The van der Waals surface area contributed by atoms with Crippen LogP contribution >= 0.6 is 11.8 Å². The summed E-state index contributed by atoms with van der Waals surface area (Å²) in [5, 5.41) is 0. The number of imidazole rings is 1. The second kappa shape index (κ2) is 7.33. The Kier molecular flexibility index (Phi) is 5.47. The number of hydrogen-bond donors (Lipinski definition) is 1. The zero-order valence-corrected chi connectivity index (χ0v) is 12.9. The topological polar surface area (TPSA) is 49.0 Å². The maximum Gasteiger partial charge on any atom is 0.232 e. The number of rotatable bonds is 7. The Hall–Kier alpha value is -1.49. The summed E-state index contributed by atoms with van der Waals surface area (Å²) in [6.07, 6.45) is 0.866. The van der Waals surface area contributed by atoms with Gasteiger partial charge in [0, 0.05) is 25.3 Å². The van der Waals surface area contributed by atoms with E-state index in [1.54, 1.807) is 11.8 Å². The highest BCUT2D eigenvalue weighted by Crippen LogP contribution is 2.12. The van der Waals surface area contributed by atoms with Gasteiger partial charge in [-0.1, -0.05) is 12.1 Å². The summed E-state index contributed by atoms with van der Waals surface area (Å²) < 4.78 is 0. The fourth-order valence-corrected chi connectivity index (χ4v) is 2.96. The van der Waals surface area contributed by atoms with Crippen LogP contribution in [0, 0.1) is 0 Å². The molecule has 2 rings (SSSR count). The molecule has 1 amide bonds. The summed E-state index contributed by atoms with van der Waals surface area (Å²) in [4.78, 5) is 21.6. The van der Waals surface area contributed by atoms with E-state index in [1.165, 1.54) is 0 Å². The predicted molar refractivity (Wildman–Crippen MR) is 85.1 cm³/mol. The van der Waals surface area contributed by atoms with Crippen molar-refractivity contribution in [3.63, 3.8) is 0 Å². The average molecular weight is 291 g/mol. The van der Waals surface area contributed by atoms with E-state index in [9.17, 15) is 4.79 Å². The molecule has 20 heavy (non-hydrogen) atoms. The van der Waals surface area contributed by atoms with Gasteiger partial charge in [-0.25, -0.2) is 4.98 Å². The number of aryl methyl sites for hydroxylation is 1. The lowest BCUT2D eigenvalue weighted by molar-refractivity contribution is -0.127. The quantitative estimate of drug-likeness (QED) is 0.798. The molecular formula is C15H21N3OS. The Morgan fingerprint density at radius 3 is 2.75 bits per heavy atom. The van der Waals surface area contributed by atoms with Gasteiger partial charge in [0.05, 0.1) is 16.8 Å². The molecule has 0 unspecified atom stereocenters. The molecule has 0 bridgehead atoms. The van der Waals surface area contributed by atoms with Gasteiger partial charge in [0.2, 0.25) is 5.91 Å². The minimum Gasteiger partial charge on any atom is -0.343 e. The van der Waals surface area contributed by atoms with Crippen LogP contribution < -0.4 is 0 Å². The zero-order chi connectivity index (χ0) is 14.4. The van der Waals surface area contributed by atoms with Crippen LogP contribution in [-0.2, 0) is 11.2 Å². The highest BCUT2D eigenvalue weighted by atomic mass is 32.2. The van der Waals surface area contributed by atoms with E-state index in [0.717, 1.165) is 42.1 Å². The summed E-state index contributed by atoms with van der Waals surface area (Å²) in [7, 11) is 0. The molecule has 1 heterocycles. The zero-order valence-electron chi connectivity index (χ0n) is 12.1. The minimum atomic E-state index is 0.226. The lowest BCUT2D eigenvalue weighted by Crippen LogP contribution is -2.32. The molecule has 1 aromatic heterocycles. The second-order valence-electron chi connectivity index (χ2n) is 4.57. The Morgan fingerprint density at radius 2 is 2.05 bits per heavy atom. The van der Waals surface area contributed by atoms with Gasteiger partial charge < -0.3 is 9.88 Å². The molecular weight excluding hydrogens is 270 g/mol. The summed E-state index contributed by atoms with van der Waals surface area (Å²) in [6, 6.07) is 8.03. The fourth-order valence-electron chi connectivity index (χ4n) is 2.12. The van der Waals surface area contributed by atoms with Crippen molar-refractivity contribution in [1.82, 2.24) is 14.9 Å². The van der Waals surface area contributed by atoms with Crippen molar-refractivity contribution >= 4 is 28.7 Å². The first-order valence-electron chi connectivity index (χ1n) is 7.03. The number of amides is 1. The molecule has 5 heteroatoms. The van der Waals surface area contributed by atoms with E-state index in [0.29, 0.717) is 5.75 Å². The summed E-state index contributed by atoms with van der Waals surface area (Å²) in [5.41, 5.74) is 2.08. The van der Waals surface area contributed by atoms with Gasteiger partial charge in [0.15, 0.2) is 0 Å². The number of benzene rings is 1. The maximum absolute atomic E-state index is 11.8. The van der Waals surface area contributed by atoms with Crippen molar-refractivity contribution in [2.75, 3.05) is 24.6 Å². The standard InChI is InChI=1S/C15H21N3OS/c1-3-18(4-2)15(19)11-20-10-9-14-16-12-7-5-6-8-13(12)17-14/h5-8H,3-4,9-11H2,1-2H3,(H,16,17). The number of nitrogens with one attached hydrogen (secondary N) is 1. The summed E-state index contributed by atoms with van der Waals surface area (Å²) in [6.45, 7) is 5.61. The molecule has 0 atom stereocenters. The van der Waals surface area contributed by atoms with Gasteiger partial charge in [-0.05, 0) is 26.0 Å². The van der Waals surface area contributed by atoms with Crippen LogP contribution in [0.25, 0.3) is 11.0 Å². The van der Waals surface area contributed by atoms with Gasteiger partial charge in [-0.3, -0.25) is 4.79 Å². The van der Waals surface area contributed by atoms with Crippen molar-refractivity contribution in [3.05, 3.63) is 30.1 Å². The van der Waals surface area contributed by atoms with Gasteiger partial charge in [0.25, 0.3) is 0 Å². The molecule has 0 radical (unpaired) electrons. The molecule has 0 spiro atoms. The van der Waals surface area contributed by atoms with E-state index in [4.69, 9.17) is 0 Å². The maximum atomic E-state index is 11.8. The molecule has 0 saturated heterocycles. The van der Waals surface area contributed by atoms with Crippen LogP contribution in [-0.4, -0.2) is 45.4 Å². The van der Waals surface area contributed by atoms with Gasteiger partial charge >= 0.3 is 0 Å². The average Bonchev–Trinajstić information content (AvgIpc) is 2.87. The van der Waals surface area contributed by atoms with E-state index < -0.39 is 0 Å². The van der Waals surface area contributed by atoms with Crippen LogP contribution in [0.2, 0.25) is 0 Å². The number of H-pyrrole nitrogens is 1. The summed E-state index contributed by atoms with van der Waals surface area (Å²) in [5.74, 6) is 2.69. The second-order valence-corrected chi connectivity index (χ2v) is 5.67. The van der Waals surface area contributed by atoms with Crippen LogP contribution in [0.5, 0.6) is 0 Å². The Labute approximate surface area is 124 Å². The van der Waals surface area contributed by atoms with E-state index in [2.05, 4.69) is 9.97 Å².